The van der Waals surface area contributed by atoms with Crippen LogP contribution < -0.4 is 10.6 Å². The minimum absolute atomic E-state index is 0.147. The van der Waals surface area contributed by atoms with Crippen molar-refractivity contribution in [3.8, 4) is 22.6 Å². The van der Waals surface area contributed by atoms with Gasteiger partial charge in [0.15, 0.2) is 5.11 Å². The number of furan rings is 2. The van der Waals surface area contributed by atoms with Gasteiger partial charge in [0, 0.05) is 27.9 Å². The number of thiocarbonyl (C=S) groups is 1. The van der Waals surface area contributed by atoms with Gasteiger partial charge < -0.3 is 19.3 Å². The number of halogens is 1. The lowest BCUT2D eigenvalue weighted by Gasteiger charge is -2.08. The van der Waals surface area contributed by atoms with E-state index >= 15 is 0 Å². The van der Waals surface area contributed by atoms with Gasteiger partial charge in [-0.3, -0.25) is 10.1 Å². The zero-order chi connectivity index (χ0) is 23.2. The first-order valence-corrected chi connectivity index (χ1v) is 10.7. The van der Waals surface area contributed by atoms with E-state index in [0.717, 1.165) is 11.1 Å². The molecule has 2 aromatic carbocycles. The molecule has 4 rings (SSSR count). The summed E-state index contributed by atoms with van der Waals surface area (Å²) in [6.45, 7) is -0.147. The van der Waals surface area contributed by atoms with Crippen LogP contribution in [0.2, 0.25) is 5.02 Å². The predicted molar refractivity (Wildman–Crippen MR) is 133 cm³/mol. The third-order valence-electron chi connectivity index (χ3n) is 4.64. The van der Waals surface area contributed by atoms with E-state index in [1.165, 1.54) is 6.08 Å². The number of hydrogen-bond donors (Lipinski definition) is 3. The molecule has 0 unspecified atom stereocenters. The Morgan fingerprint density at radius 3 is 2.21 bits per heavy atom. The van der Waals surface area contributed by atoms with Crippen LogP contribution in [-0.4, -0.2) is 16.1 Å². The highest BCUT2D eigenvalue weighted by molar-refractivity contribution is 7.80. The second-order valence-corrected chi connectivity index (χ2v) is 7.83. The fourth-order valence-corrected chi connectivity index (χ4v) is 3.37. The lowest BCUT2D eigenvalue weighted by molar-refractivity contribution is -0.115. The molecule has 0 aliphatic carbocycles. The molecule has 166 valence electrons. The Hall–Kier alpha value is -3.65. The molecule has 3 N–H and O–H groups in total. The smallest absolute Gasteiger partial charge is 0.250 e. The van der Waals surface area contributed by atoms with Crippen LogP contribution in [0, 0.1) is 0 Å². The number of carbonyl (C=O) groups excluding carboxylic acids is 1. The van der Waals surface area contributed by atoms with E-state index in [0.29, 0.717) is 33.8 Å². The number of rotatable bonds is 6. The summed E-state index contributed by atoms with van der Waals surface area (Å²) < 4.78 is 11.3. The van der Waals surface area contributed by atoms with Gasteiger partial charge in [-0.25, -0.2) is 0 Å². The zero-order valence-corrected chi connectivity index (χ0v) is 18.8. The summed E-state index contributed by atoms with van der Waals surface area (Å²) in [7, 11) is 0. The number of anilines is 1. The van der Waals surface area contributed by atoms with Crippen molar-refractivity contribution < 1.29 is 18.7 Å². The summed E-state index contributed by atoms with van der Waals surface area (Å²) in [4.78, 5) is 12.2. The summed E-state index contributed by atoms with van der Waals surface area (Å²) in [6, 6.07) is 21.7. The van der Waals surface area contributed by atoms with Gasteiger partial charge in [0.05, 0.1) is 0 Å². The van der Waals surface area contributed by atoms with Gasteiger partial charge in [0.1, 0.15) is 29.6 Å². The van der Waals surface area contributed by atoms with Gasteiger partial charge in [0.2, 0.25) is 5.91 Å². The molecule has 1 amide bonds. The molecule has 2 aromatic heterocycles. The average Bonchev–Trinajstić information content (AvgIpc) is 3.48. The molecule has 0 aliphatic heterocycles. The van der Waals surface area contributed by atoms with Crippen LogP contribution in [0.3, 0.4) is 0 Å². The van der Waals surface area contributed by atoms with Crippen LogP contribution >= 0.6 is 23.8 Å². The van der Waals surface area contributed by atoms with Crippen molar-refractivity contribution in [2.24, 2.45) is 0 Å². The molecule has 0 fully saturated rings. The summed E-state index contributed by atoms with van der Waals surface area (Å²) in [6.07, 6.45) is 2.91. The minimum atomic E-state index is -0.388. The van der Waals surface area contributed by atoms with Crippen LogP contribution in [0.4, 0.5) is 5.69 Å². The molecule has 0 aliphatic rings. The van der Waals surface area contributed by atoms with Crippen molar-refractivity contribution in [1.29, 1.82) is 0 Å². The van der Waals surface area contributed by atoms with Crippen LogP contribution in [0.1, 0.15) is 11.5 Å². The van der Waals surface area contributed by atoms with E-state index in [-0.39, 0.29) is 17.6 Å². The summed E-state index contributed by atoms with van der Waals surface area (Å²) in [5, 5.41) is 15.5. The quantitative estimate of drug-likeness (QED) is 0.237. The molecular formula is C25H19ClN2O4S. The maximum atomic E-state index is 12.2. The van der Waals surface area contributed by atoms with E-state index in [4.69, 9.17) is 37.8 Å². The number of nitrogens with one attached hydrogen (secondary N) is 2. The summed E-state index contributed by atoms with van der Waals surface area (Å²) in [5.41, 5.74) is 2.45. The minimum Gasteiger partial charge on any atom is -0.459 e. The van der Waals surface area contributed by atoms with Crippen molar-refractivity contribution in [3.05, 3.63) is 95.4 Å². The van der Waals surface area contributed by atoms with Crippen LogP contribution in [0.5, 0.6) is 0 Å². The topological polar surface area (TPSA) is 87.6 Å². The number of hydrogen-bond acceptors (Lipinski definition) is 5. The van der Waals surface area contributed by atoms with Gasteiger partial charge in [-0.1, -0.05) is 11.6 Å². The molecule has 2 heterocycles. The fourth-order valence-electron chi connectivity index (χ4n) is 3.02. The molecule has 0 spiro atoms. The molecule has 4 aromatic rings. The Kier molecular flexibility index (Phi) is 7.04. The third-order valence-corrected chi connectivity index (χ3v) is 5.09. The van der Waals surface area contributed by atoms with Crippen molar-refractivity contribution in [2.75, 3.05) is 5.32 Å². The first-order valence-electron chi connectivity index (χ1n) is 9.96. The Morgan fingerprint density at radius 2 is 1.55 bits per heavy atom. The number of aliphatic hydroxyl groups is 1. The number of benzene rings is 2. The Morgan fingerprint density at radius 1 is 0.909 bits per heavy atom. The summed E-state index contributed by atoms with van der Waals surface area (Å²) in [5.74, 6) is 1.98. The van der Waals surface area contributed by atoms with Crippen molar-refractivity contribution in [2.45, 2.75) is 6.61 Å². The maximum absolute atomic E-state index is 12.2. The SMILES string of the molecule is O=C(C=Cc1ccc(-c2ccc(Cl)cc2)o1)NC(=S)Nc1ccc(-c2ccc(CO)o2)cc1. The van der Waals surface area contributed by atoms with E-state index < -0.39 is 0 Å². The van der Waals surface area contributed by atoms with E-state index in [2.05, 4.69) is 10.6 Å². The predicted octanol–water partition coefficient (Wildman–Crippen LogP) is 5.88. The summed E-state index contributed by atoms with van der Waals surface area (Å²) >= 11 is 11.1. The molecule has 6 nitrogen and oxygen atoms in total. The van der Waals surface area contributed by atoms with Gasteiger partial charge in [-0.15, -0.1) is 0 Å². The fraction of sp³-hybridized carbons (Fsp3) is 0.0400. The van der Waals surface area contributed by atoms with E-state index in [1.807, 2.05) is 42.5 Å². The second kappa shape index (κ2) is 10.3. The highest BCUT2D eigenvalue weighted by Gasteiger charge is 2.07. The molecule has 0 saturated heterocycles. The van der Waals surface area contributed by atoms with Crippen molar-refractivity contribution >= 4 is 46.6 Å². The van der Waals surface area contributed by atoms with Gasteiger partial charge in [-0.05, 0) is 91.1 Å². The first-order chi connectivity index (χ1) is 16.0. The lowest BCUT2D eigenvalue weighted by Crippen LogP contribution is -2.32. The Balaban J connectivity index is 1.30. The van der Waals surface area contributed by atoms with Gasteiger partial charge in [-0.2, -0.15) is 0 Å². The zero-order valence-electron chi connectivity index (χ0n) is 17.2. The molecular weight excluding hydrogens is 460 g/mol. The Labute approximate surface area is 200 Å². The van der Waals surface area contributed by atoms with Crippen LogP contribution in [0.15, 0.2) is 87.7 Å². The molecule has 33 heavy (non-hydrogen) atoms. The number of aliphatic hydroxyl groups excluding tert-OH is 1. The molecule has 0 bridgehead atoms. The van der Waals surface area contributed by atoms with Gasteiger partial charge >= 0.3 is 0 Å². The van der Waals surface area contributed by atoms with Crippen LogP contribution in [0.25, 0.3) is 28.7 Å². The Bertz CT molecular complexity index is 1290. The standard InChI is InChI=1S/C25H19ClN2O4S/c26-18-5-1-16(2-6-18)22-12-9-20(31-22)11-14-24(30)28-25(33)27-19-7-3-17(4-8-19)23-13-10-21(15-29)32-23/h1-14,29H,15H2,(H2,27,28,30,33). The highest BCUT2D eigenvalue weighted by atomic mass is 35.5. The third kappa shape index (κ3) is 5.98. The van der Waals surface area contributed by atoms with Crippen molar-refractivity contribution in [1.82, 2.24) is 5.32 Å². The normalized spacial score (nSPS) is 11.0. The molecule has 0 radical (unpaired) electrons. The molecule has 0 saturated carbocycles. The maximum Gasteiger partial charge on any atom is 0.250 e. The van der Waals surface area contributed by atoms with Crippen molar-refractivity contribution in [3.63, 3.8) is 0 Å². The first kappa shape index (κ1) is 22.5. The monoisotopic (exact) mass is 478 g/mol. The number of carbonyl (C=O) groups is 1. The molecule has 0 atom stereocenters. The van der Waals surface area contributed by atoms with E-state index in [1.54, 1.807) is 36.4 Å². The molecule has 8 heteroatoms. The number of amides is 1. The second-order valence-electron chi connectivity index (χ2n) is 6.99. The highest BCUT2D eigenvalue weighted by Crippen LogP contribution is 2.25. The lowest BCUT2D eigenvalue weighted by atomic mass is 10.1. The van der Waals surface area contributed by atoms with Crippen LogP contribution in [-0.2, 0) is 11.4 Å². The largest absolute Gasteiger partial charge is 0.459 e. The van der Waals surface area contributed by atoms with Gasteiger partial charge in [0.25, 0.3) is 0 Å². The average molecular weight is 479 g/mol. The van der Waals surface area contributed by atoms with E-state index in [9.17, 15) is 4.79 Å².